The summed E-state index contributed by atoms with van der Waals surface area (Å²) in [7, 11) is 0. The highest BCUT2D eigenvalue weighted by Gasteiger charge is 2.43. The van der Waals surface area contributed by atoms with E-state index in [1.54, 1.807) is 0 Å². The second-order valence-electron chi connectivity index (χ2n) is 6.40. The van der Waals surface area contributed by atoms with Crippen molar-refractivity contribution in [1.82, 2.24) is 4.98 Å². The number of anilines is 1. The van der Waals surface area contributed by atoms with E-state index in [1.807, 2.05) is 30.5 Å². The first kappa shape index (κ1) is 18.7. The summed E-state index contributed by atoms with van der Waals surface area (Å²) in [6.45, 7) is -0.489. The van der Waals surface area contributed by atoms with Crippen LogP contribution >= 0.6 is 0 Å². The molecule has 0 fully saturated rings. The molecule has 29 heavy (non-hydrogen) atoms. The van der Waals surface area contributed by atoms with Crippen LogP contribution in [-0.2, 0) is 20.7 Å². The van der Waals surface area contributed by atoms with E-state index in [9.17, 15) is 18.4 Å². The molecule has 1 aromatic heterocycles. The van der Waals surface area contributed by atoms with Gasteiger partial charge in [-0.2, -0.15) is 0 Å². The van der Waals surface area contributed by atoms with Gasteiger partial charge in [-0.1, -0.05) is 18.2 Å². The Labute approximate surface area is 163 Å². The maximum Gasteiger partial charge on any atom is 0.586 e. The number of alkyl halides is 2. The molecule has 1 aliphatic heterocycles. The Balaban J connectivity index is 1.25. The van der Waals surface area contributed by atoms with Crippen molar-refractivity contribution in [3.63, 3.8) is 0 Å². The zero-order valence-electron chi connectivity index (χ0n) is 15.0. The van der Waals surface area contributed by atoms with Crippen LogP contribution in [0.25, 0.3) is 10.9 Å². The van der Waals surface area contributed by atoms with Crippen LogP contribution in [0.2, 0.25) is 0 Å². The van der Waals surface area contributed by atoms with Crippen molar-refractivity contribution in [2.75, 3.05) is 11.9 Å². The highest BCUT2D eigenvalue weighted by molar-refractivity contribution is 5.93. The molecule has 0 saturated heterocycles. The minimum atomic E-state index is -3.73. The molecule has 7 nitrogen and oxygen atoms in total. The molecule has 0 aliphatic carbocycles. The van der Waals surface area contributed by atoms with Gasteiger partial charge in [-0.15, -0.1) is 8.78 Å². The number of aryl methyl sites for hydroxylation is 1. The maximum absolute atomic E-state index is 13.0. The summed E-state index contributed by atoms with van der Waals surface area (Å²) in [5.74, 6) is -1.44. The largest absolute Gasteiger partial charge is 0.586 e. The topological polar surface area (TPSA) is 89.7 Å². The molecule has 4 rings (SSSR count). The fraction of sp³-hybridized carbons (Fsp3) is 0.200. The van der Waals surface area contributed by atoms with Gasteiger partial charge in [0.25, 0.3) is 5.91 Å². The van der Waals surface area contributed by atoms with Crippen LogP contribution in [0.4, 0.5) is 14.5 Å². The normalized spacial score (nSPS) is 14.0. The average Bonchev–Trinajstić information content (AvgIpc) is 3.23. The van der Waals surface area contributed by atoms with Crippen molar-refractivity contribution in [3.05, 3.63) is 54.2 Å². The Morgan fingerprint density at radius 2 is 1.90 bits per heavy atom. The number of aromatic amines is 1. The van der Waals surface area contributed by atoms with E-state index in [0.717, 1.165) is 16.5 Å². The van der Waals surface area contributed by atoms with Gasteiger partial charge in [-0.3, -0.25) is 9.59 Å². The summed E-state index contributed by atoms with van der Waals surface area (Å²) in [6, 6.07) is 11.6. The number of benzene rings is 2. The van der Waals surface area contributed by atoms with Gasteiger partial charge in [-0.25, -0.2) is 0 Å². The summed E-state index contributed by atoms with van der Waals surface area (Å²) < 4.78 is 39.6. The number of rotatable bonds is 6. The standard InChI is InChI=1S/C20H16F2N2O5/c21-20(22)28-16-7-6-13(9-17(16)29-20)24-18(25)11-27-19(26)8-5-12-10-23-15-4-2-1-3-14(12)15/h1-4,6-7,9-10,23H,5,8,11H2,(H,24,25). The lowest BCUT2D eigenvalue weighted by Gasteiger charge is -2.07. The number of para-hydroxylation sites is 1. The van der Waals surface area contributed by atoms with Crippen LogP contribution in [0.15, 0.2) is 48.7 Å². The Hall–Kier alpha value is -3.62. The van der Waals surface area contributed by atoms with Crippen molar-refractivity contribution in [1.29, 1.82) is 0 Å². The molecule has 0 atom stereocenters. The number of ether oxygens (including phenoxy) is 3. The predicted molar refractivity (Wildman–Crippen MR) is 98.9 cm³/mol. The molecule has 2 N–H and O–H groups in total. The molecular weight excluding hydrogens is 386 g/mol. The summed E-state index contributed by atoms with van der Waals surface area (Å²) in [5, 5.41) is 3.48. The minimum Gasteiger partial charge on any atom is -0.456 e. The molecule has 0 saturated carbocycles. The number of H-pyrrole nitrogens is 1. The fourth-order valence-corrected chi connectivity index (χ4v) is 3.02. The number of esters is 1. The quantitative estimate of drug-likeness (QED) is 0.615. The summed E-state index contributed by atoms with van der Waals surface area (Å²) >= 11 is 0. The zero-order valence-corrected chi connectivity index (χ0v) is 15.0. The van der Waals surface area contributed by atoms with Crippen molar-refractivity contribution in [3.8, 4) is 11.5 Å². The molecule has 0 unspecified atom stereocenters. The lowest BCUT2D eigenvalue weighted by Crippen LogP contribution is -2.25. The van der Waals surface area contributed by atoms with Crippen LogP contribution in [-0.4, -0.2) is 29.8 Å². The number of fused-ring (bicyclic) bond motifs is 2. The third-order valence-corrected chi connectivity index (χ3v) is 4.32. The number of halogens is 2. The Morgan fingerprint density at radius 3 is 2.76 bits per heavy atom. The number of amides is 1. The number of carbonyl (C=O) groups excluding carboxylic acids is 2. The molecule has 1 aliphatic rings. The second kappa shape index (κ2) is 7.42. The molecule has 150 valence electrons. The third-order valence-electron chi connectivity index (χ3n) is 4.32. The first-order valence-corrected chi connectivity index (χ1v) is 8.80. The predicted octanol–water partition coefficient (Wildman–Crippen LogP) is 3.60. The van der Waals surface area contributed by atoms with Gasteiger partial charge in [0.15, 0.2) is 18.1 Å². The van der Waals surface area contributed by atoms with E-state index in [0.29, 0.717) is 6.42 Å². The van der Waals surface area contributed by atoms with Crippen LogP contribution in [0.3, 0.4) is 0 Å². The van der Waals surface area contributed by atoms with Gasteiger partial charge in [0, 0.05) is 35.3 Å². The number of hydrogen-bond donors (Lipinski definition) is 2. The fourth-order valence-electron chi connectivity index (χ4n) is 3.02. The monoisotopic (exact) mass is 402 g/mol. The number of aromatic nitrogens is 1. The van der Waals surface area contributed by atoms with Gasteiger partial charge in [-0.05, 0) is 30.2 Å². The van der Waals surface area contributed by atoms with E-state index in [2.05, 4.69) is 19.8 Å². The SMILES string of the molecule is O=C(COC(=O)CCc1c[nH]c2ccccc12)Nc1ccc2c(c1)OC(F)(F)O2. The molecule has 2 aromatic carbocycles. The minimum absolute atomic E-state index is 0.119. The highest BCUT2D eigenvalue weighted by Crippen LogP contribution is 2.42. The van der Waals surface area contributed by atoms with Crippen LogP contribution in [0.1, 0.15) is 12.0 Å². The van der Waals surface area contributed by atoms with E-state index < -0.39 is 24.8 Å². The molecule has 0 radical (unpaired) electrons. The van der Waals surface area contributed by atoms with E-state index >= 15 is 0 Å². The van der Waals surface area contributed by atoms with Crippen LogP contribution in [0.5, 0.6) is 11.5 Å². The van der Waals surface area contributed by atoms with E-state index in [-0.39, 0.29) is 23.6 Å². The lowest BCUT2D eigenvalue weighted by atomic mass is 10.1. The molecule has 2 heterocycles. The van der Waals surface area contributed by atoms with Crippen molar-refractivity contribution >= 4 is 28.5 Å². The van der Waals surface area contributed by atoms with Gasteiger partial charge in [0.1, 0.15) is 0 Å². The zero-order chi connectivity index (χ0) is 20.4. The maximum atomic E-state index is 13.0. The number of hydrogen-bond acceptors (Lipinski definition) is 5. The molecule has 0 spiro atoms. The molecule has 9 heteroatoms. The van der Waals surface area contributed by atoms with Gasteiger partial charge in [0.05, 0.1) is 0 Å². The molecule has 0 bridgehead atoms. The number of carbonyl (C=O) groups is 2. The van der Waals surface area contributed by atoms with E-state index in [4.69, 9.17) is 4.74 Å². The van der Waals surface area contributed by atoms with Crippen molar-refractivity contribution < 1.29 is 32.6 Å². The second-order valence-corrected chi connectivity index (χ2v) is 6.40. The van der Waals surface area contributed by atoms with Gasteiger partial charge < -0.3 is 24.5 Å². The van der Waals surface area contributed by atoms with Gasteiger partial charge >= 0.3 is 12.3 Å². The number of nitrogens with one attached hydrogen (secondary N) is 2. The van der Waals surface area contributed by atoms with Crippen molar-refractivity contribution in [2.24, 2.45) is 0 Å². The average molecular weight is 402 g/mol. The Bertz CT molecular complexity index is 1080. The first-order valence-electron chi connectivity index (χ1n) is 8.80. The molecule has 3 aromatic rings. The van der Waals surface area contributed by atoms with Crippen molar-refractivity contribution in [2.45, 2.75) is 19.1 Å². The Morgan fingerprint density at radius 1 is 1.10 bits per heavy atom. The molecular formula is C20H16F2N2O5. The summed E-state index contributed by atoms with van der Waals surface area (Å²) in [6.07, 6.45) is -1.30. The smallest absolute Gasteiger partial charge is 0.456 e. The summed E-state index contributed by atoms with van der Waals surface area (Å²) in [5.41, 5.74) is 2.18. The summed E-state index contributed by atoms with van der Waals surface area (Å²) in [4.78, 5) is 27.0. The van der Waals surface area contributed by atoms with Gasteiger partial charge in [0.2, 0.25) is 0 Å². The Kier molecular flexibility index (Phi) is 4.79. The third kappa shape index (κ3) is 4.29. The van der Waals surface area contributed by atoms with E-state index in [1.165, 1.54) is 18.2 Å². The molecule has 1 amide bonds. The van der Waals surface area contributed by atoms with Crippen LogP contribution < -0.4 is 14.8 Å². The highest BCUT2D eigenvalue weighted by atomic mass is 19.3. The first-order chi connectivity index (χ1) is 13.9. The lowest BCUT2D eigenvalue weighted by molar-refractivity contribution is -0.286. The van der Waals surface area contributed by atoms with Crippen LogP contribution in [0, 0.1) is 0 Å².